The average molecular weight is 742 g/mol. The van der Waals surface area contributed by atoms with E-state index in [1.54, 1.807) is 17.8 Å². The van der Waals surface area contributed by atoms with Crippen LogP contribution in [0.4, 0.5) is 5.69 Å². The summed E-state index contributed by atoms with van der Waals surface area (Å²) in [5.74, 6) is -3.21. The topological polar surface area (TPSA) is 155 Å². The van der Waals surface area contributed by atoms with Gasteiger partial charge in [-0.25, -0.2) is 4.79 Å². The number of amides is 3. The van der Waals surface area contributed by atoms with Crippen molar-refractivity contribution in [1.82, 2.24) is 9.88 Å². The number of nitrogens with zero attached hydrogens (tertiary/aromatic N) is 1. The Kier molecular flexibility index (Phi) is 8.89. The molecule has 3 amide bonds. The van der Waals surface area contributed by atoms with E-state index in [-0.39, 0.29) is 70.5 Å². The standard InChI is InChI=1S/C39H39N3O8S2/c1-4-49-27-15-21(10-12-26(27)50-17-28(43)40-22-11-9-19-7-5-6-8-20(19)14-22)29-30-23-16-24(33(30)51-35-34(29)52-39(48)41-35)32-31(23)36(44)42(37(32)45)25(38(46)47)13-18(2)3/h5-12,14-15,18,23-25,29-33H,4,13,16-17H2,1-3H3,(H,40,43)(H,41,48)(H,46,47)/t23?,24?,25?,29-,30?,31?,32?,33?/m1/s1. The number of carboxylic acids is 1. The van der Waals surface area contributed by atoms with Gasteiger partial charge in [0.2, 0.25) is 11.8 Å². The number of carbonyl (C=O) groups excluding carboxylic acids is 3. The van der Waals surface area contributed by atoms with E-state index in [1.165, 1.54) is 0 Å². The Morgan fingerprint density at radius 1 is 0.962 bits per heavy atom. The van der Waals surface area contributed by atoms with Gasteiger partial charge in [0.25, 0.3) is 5.91 Å². The zero-order chi connectivity index (χ0) is 36.4. The van der Waals surface area contributed by atoms with Crippen molar-refractivity contribution in [3.63, 3.8) is 0 Å². The lowest BCUT2D eigenvalue weighted by Gasteiger charge is -2.43. The van der Waals surface area contributed by atoms with E-state index in [0.717, 1.165) is 42.5 Å². The Bertz CT molecular complexity index is 2160. The monoisotopic (exact) mass is 741 g/mol. The number of hydrogen-bond acceptors (Lipinski definition) is 9. The Hall–Kier alpha value is -4.62. The van der Waals surface area contributed by atoms with Crippen LogP contribution in [0.1, 0.15) is 50.0 Å². The van der Waals surface area contributed by atoms with Gasteiger partial charge in [0.05, 0.1) is 23.5 Å². The number of aromatic amines is 1. The van der Waals surface area contributed by atoms with Crippen molar-refractivity contribution >= 4 is 63.2 Å². The molecule has 3 fully saturated rings. The van der Waals surface area contributed by atoms with E-state index < -0.39 is 23.8 Å². The van der Waals surface area contributed by atoms with Crippen LogP contribution in [0.25, 0.3) is 10.8 Å². The molecule has 1 aromatic heterocycles. The zero-order valence-electron chi connectivity index (χ0n) is 28.9. The number of carbonyl (C=O) groups is 4. The predicted molar refractivity (Wildman–Crippen MR) is 197 cm³/mol. The first kappa shape index (κ1) is 34.5. The highest BCUT2D eigenvalue weighted by molar-refractivity contribution is 8.00. The fourth-order valence-corrected chi connectivity index (χ4v) is 12.1. The number of imide groups is 1. The quantitative estimate of drug-likeness (QED) is 0.158. The molecule has 0 radical (unpaired) electrons. The van der Waals surface area contributed by atoms with Gasteiger partial charge >= 0.3 is 10.8 Å². The first-order chi connectivity index (χ1) is 25.0. The number of benzene rings is 3. The fourth-order valence-electron chi connectivity index (χ4n) is 9.20. The molecule has 2 bridgehead atoms. The highest BCUT2D eigenvalue weighted by Crippen LogP contribution is 2.68. The van der Waals surface area contributed by atoms with Crippen molar-refractivity contribution in [2.24, 2.45) is 35.5 Å². The molecule has 8 atom stereocenters. The van der Waals surface area contributed by atoms with Crippen molar-refractivity contribution in [3.05, 3.63) is 80.8 Å². The van der Waals surface area contributed by atoms with Crippen molar-refractivity contribution < 1.29 is 33.8 Å². The molecular weight excluding hydrogens is 703 g/mol. The third-order valence-electron chi connectivity index (χ3n) is 11.1. The molecule has 13 heteroatoms. The van der Waals surface area contributed by atoms with E-state index in [0.29, 0.717) is 30.2 Å². The Labute approximate surface area is 308 Å². The molecule has 4 aromatic rings. The van der Waals surface area contributed by atoms with E-state index in [1.807, 2.05) is 75.4 Å². The summed E-state index contributed by atoms with van der Waals surface area (Å²) in [5.41, 5.74) is 1.54. The van der Waals surface area contributed by atoms with Crippen LogP contribution in [0, 0.1) is 35.5 Å². The van der Waals surface area contributed by atoms with Gasteiger partial charge in [-0.1, -0.05) is 61.6 Å². The normalized spacial score (nSPS) is 26.3. The van der Waals surface area contributed by atoms with E-state index in [9.17, 15) is 29.1 Å². The van der Waals surface area contributed by atoms with Crippen LogP contribution < -0.4 is 19.7 Å². The van der Waals surface area contributed by atoms with Crippen LogP contribution >= 0.6 is 23.1 Å². The number of rotatable bonds is 11. The third kappa shape index (κ3) is 5.78. The molecule has 8 rings (SSSR count). The van der Waals surface area contributed by atoms with Crippen LogP contribution in [-0.2, 0) is 19.2 Å². The fraction of sp³-hybridized carbons (Fsp3) is 0.410. The summed E-state index contributed by atoms with van der Waals surface area (Å²) in [6.45, 7) is 5.73. The maximum absolute atomic E-state index is 14.1. The van der Waals surface area contributed by atoms with Crippen LogP contribution in [-0.4, -0.2) is 63.2 Å². The molecule has 3 aromatic carbocycles. The lowest BCUT2D eigenvalue weighted by molar-refractivity contribution is -0.156. The number of anilines is 1. The number of aromatic nitrogens is 1. The summed E-state index contributed by atoms with van der Waals surface area (Å²) in [6, 6.07) is 18.0. The van der Waals surface area contributed by atoms with E-state index in [2.05, 4.69) is 10.3 Å². The molecule has 1 saturated heterocycles. The second kappa shape index (κ2) is 13.4. The number of fused-ring (bicyclic) bond motifs is 10. The number of likely N-dealkylation sites (tertiary alicyclic amines) is 1. The number of ether oxygens (including phenoxy) is 2. The smallest absolute Gasteiger partial charge is 0.326 e. The molecule has 270 valence electrons. The molecule has 52 heavy (non-hydrogen) atoms. The summed E-state index contributed by atoms with van der Waals surface area (Å²) in [7, 11) is 0. The van der Waals surface area contributed by atoms with Gasteiger partial charge in [-0.15, -0.1) is 11.8 Å². The Morgan fingerprint density at radius 3 is 2.44 bits per heavy atom. The van der Waals surface area contributed by atoms with Crippen molar-refractivity contribution in [1.29, 1.82) is 0 Å². The Morgan fingerprint density at radius 2 is 1.71 bits per heavy atom. The van der Waals surface area contributed by atoms with Gasteiger partial charge in [0.1, 0.15) is 6.04 Å². The van der Waals surface area contributed by atoms with Crippen molar-refractivity contribution in [2.45, 2.75) is 55.8 Å². The summed E-state index contributed by atoms with van der Waals surface area (Å²) < 4.78 is 12.0. The minimum Gasteiger partial charge on any atom is -0.490 e. The maximum atomic E-state index is 14.1. The molecular formula is C39H39N3O8S2. The molecule has 2 saturated carbocycles. The Balaban J connectivity index is 1.07. The van der Waals surface area contributed by atoms with Gasteiger partial charge in [-0.05, 0) is 84.0 Å². The van der Waals surface area contributed by atoms with Gasteiger partial charge in [0.15, 0.2) is 18.1 Å². The minimum absolute atomic E-state index is 0.0142. The number of H-pyrrole nitrogens is 1. The number of nitrogens with one attached hydrogen (secondary N) is 2. The molecule has 3 N–H and O–H groups in total. The molecule has 0 spiro atoms. The lowest BCUT2D eigenvalue weighted by atomic mass is 9.68. The van der Waals surface area contributed by atoms with Crippen LogP contribution in [0.2, 0.25) is 0 Å². The highest BCUT2D eigenvalue weighted by Gasteiger charge is 2.70. The van der Waals surface area contributed by atoms with E-state index >= 15 is 0 Å². The first-order valence-corrected chi connectivity index (χ1v) is 19.4. The zero-order valence-corrected chi connectivity index (χ0v) is 30.5. The predicted octanol–water partition coefficient (Wildman–Crippen LogP) is 5.98. The SMILES string of the molecule is CCOc1cc([C@H]2c3sc(=O)[nH]c3SC3C4CC(C5C(=O)N(C(CC(C)C)C(=O)O)C(=O)C45)C32)ccc1OCC(=O)Nc1ccc2ccccc2c1. The number of hydrogen-bond donors (Lipinski definition) is 3. The van der Waals surface area contributed by atoms with Crippen LogP contribution in [0.3, 0.4) is 0 Å². The number of carboxylic acid groups (broad SMARTS) is 1. The van der Waals surface area contributed by atoms with Crippen molar-refractivity contribution in [3.8, 4) is 11.5 Å². The lowest BCUT2D eigenvalue weighted by Crippen LogP contribution is -2.47. The minimum atomic E-state index is -1.19. The van der Waals surface area contributed by atoms with Crippen LogP contribution in [0.15, 0.2) is 70.5 Å². The summed E-state index contributed by atoms with van der Waals surface area (Å²) >= 11 is 2.73. The third-order valence-corrected chi connectivity index (χ3v) is 13.7. The van der Waals surface area contributed by atoms with Gasteiger partial charge in [0, 0.05) is 21.7 Å². The van der Waals surface area contributed by atoms with Crippen LogP contribution in [0.5, 0.6) is 11.5 Å². The first-order valence-electron chi connectivity index (χ1n) is 17.7. The molecule has 4 aliphatic rings. The molecule has 2 aliphatic carbocycles. The number of thioether (sulfide) groups is 1. The number of thiazole rings is 1. The summed E-state index contributed by atoms with van der Waals surface area (Å²) in [6.07, 6.45) is 0.885. The van der Waals surface area contributed by atoms with Gasteiger partial charge in [-0.3, -0.25) is 24.1 Å². The summed E-state index contributed by atoms with van der Waals surface area (Å²) in [4.78, 5) is 70.8. The second-order valence-electron chi connectivity index (χ2n) is 14.5. The summed E-state index contributed by atoms with van der Waals surface area (Å²) in [5, 5.41) is 15.8. The van der Waals surface area contributed by atoms with Crippen molar-refractivity contribution in [2.75, 3.05) is 18.5 Å². The largest absolute Gasteiger partial charge is 0.490 e. The van der Waals surface area contributed by atoms with Gasteiger partial charge in [-0.2, -0.15) is 0 Å². The molecule has 7 unspecified atom stereocenters. The average Bonchev–Trinajstić information content (AvgIpc) is 3.85. The maximum Gasteiger partial charge on any atom is 0.326 e. The molecule has 11 nitrogen and oxygen atoms in total. The van der Waals surface area contributed by atoms with Gasteiger partial charge < -0.3 is 24.9 Å². The highest BCUT2D eigenvalue weighted by atomic mass is 32.2. The molecule has 3 heterocycles. The van der Waals surface area contributed by atoms with E-state index in [4.69, 9.17) is 9.47 Å². The second-order valence-corrected chi connectivity index (χ2v) is 16.7. The molecule has 2 aliphatic heterocycles. The number of aliphatic carboxylic acids is 1.